The predicted molar refractivity (Wildman–Crippen MR) is 69.4 cm³/mol. The van der Waals surface area contributed by atoms with Gasteiger partial charge in [-0.25, -0.2) is 0 Å². The number of allylic oxidation sites excluding steroid dienone is 1. The molecule has 0 heterocycles. The quantitative estimate of drug-likeness (QED) is 0.383. The van der Waals surface area contributed by atoms with Crippen LogP contribution in [-0.4, -0.2) is 28.5 Å². The van der Waals surface area contributed by atoms with E-state index in [9.17, 15) is 0 Å². The van der Waals surface area contributed by atoms with Crippen LogP contribution in [0.3, 0.4) is 0 Å². The molecule has 15 heavy (non-hydrogen) atoms. The van der Waals surface area contributed by atoms with Crippen LogP contribution in [-0.2, 0) is 0 Å². The fourth-order valence-corrected chi connectivity index (χ4v) is 1.58. The van der Waals surface area contributed by atoms with Gasteiger partial charge in [-0.3, -0.25) is 4.99 Å². The Bertz CT molecular complexity index is 200. The molecule has 84 valence electrons. The van der Waals surface area contributed by atoms with E-state index in [1.54, 1.807) is 6.20 Å². The van der Waals surface area contributed by atoms with Crippen molar-refractivity contribution in [3.8, 4) is 0 Å². The molecule has 0 rings (SSSR count). The highest BCUT2D eigenvalue weighted by atomic mass is 27.0. The molecular weight excluding hydrogens is 199 g/mol. The van der Waals surface area contributed by atoms with Gasteiger partial charge in [-0.1, -0.05) is 39.5 Å². The molecular formula is C12H23AlN2. The summed E-state index contributed by atoms with van der Waals surface area (Å²) >= 11 is 2.58. The average molecular weight is 222 g/mol. The van der Waals surface area contributed by atoms with Crippen LogP contribution < -0.4 is 5.73 Å². The molecule has 2 nitrogen and oxygen atoms in total. The van der Waals surface area contributed by atoms with E-state index in [2.05, 4.69) is 35.1 Å². The summed E-state index contributed by atoms with van der Waals surface area (Å²) in [5.74, 6) is 0. The van der Waals surface area contributed by atoms with Gasteiger partial charge in [-0.05, 0) is 19.0 Å². The van der Waals surface area contributed by atoms with Crippen molar-refractivity contribution in [1.82, 2.24) is 0 Å². The predicted octanol–water partition coefficient (Wildman–Crippen LogP) is 2.77. The number of rotatable bonds is 8. The molecule has 0 bridgehead atoms. The number of nitrogens with two attached hydrogens (primary N) is 1. The zero-order valence-corrected chi connectivity index (χ0v) is 11.2. The van der Waals surface area contributed by atoms with E-state index in [0.717, 1.165) is 4.44 Å². The summed E-state index contributed by atoms with van der Waals surface area (Å²) in [5.41, 5.74) is 5.38. The van der Waals surface area contributed by atoms with Crippen LogP contribution in [0.5, 0.6) is 0 Å². The van der Waals surface area contributed by atoms with Gasteiger partial charge in [0.25, 0.3) is 0 Å². The second kappa shape index (κ2) is 10.3. The molecule has 0 aromatic heterocycles. The fourth-order valence-electron chi connectivity index (χ4n) is 1.49. The first-order chi connectivity index (χ1) is 7.24. The van der Waals surface area contributed by atoms with Gasteiger partial charge >= 0.3 is 0 Å². The molecule has 3 heteroatoms. The zero-order valence-electron chi connectivity index (χ0n) is 10.1. The minimum absolute atomic E-state index is 0.483. The van der Waals surface area contributed by atoms with E-state index in [4.69, 9.17) is 5.73 Å². The minimum atomic E-state index is 0.483. The van der Waals surface area contributed by atoms with Gasteiger partial charge in [-0.2, -0.15) is 0 Å². The van der Waals surface area contributed by atoms with Crippen LogP contribution in [0.2, 0.25) is 0 Å². The third-order valence-corrected chi connectivity index (χ3v) is 2.73. The molecule has 0 aliphatic carbocycles. The van der Waals surface area contributed by atoms with Crippen molar-refractivity contribution in [3.05, 3.63) is 10.6 Å². The molecule has 0 aliphatic heterocycles. The molecule has 0 amide bonds. The number of nitrogens with zero attached hydrogens (tertiary/aromatic N) is 1. The monoisotopic (exact) mass is 222 g/mol. The Labute approximate surface area is 102 Å². The Balaban J connectivity index is 3.97. The maximum absolute atomic E-state index is 5.38. The summed E-state index contributed by atoms with van der Waals surface area (Å²) in [4.78, 5) is 4.56. The maximum Gasteiger partial charge on any atom is 0.180 e. The second-order valence-electron chi connectivity index (χ2n) is 3.88. The Morgan fingerprint density at radius 3 is 2.53 bits per heavy atom. The van der Waals surface area contributed by atoms with Crippen LogP contribution in [0.25, 0.3) is 0 Å². The Kier molecular flexibility index (Phi) is 10.1. The van der Waals surface area contributed by atoms with Crippen LogP contribution in [0, 0.1) is 0 Å². The van der Waals surface area contributed by atoms with Gasteiger partial charge < -0.3 is 5.73 Å². The third kappa shape index (κ3) is 8.72. The molecule has 0 saturated carbocycles. The van der Waals surface area contributed by atoms with Crippen molar-refractivity contribution in [2.24, 2.45) is 10.7 Å². The third-order valence-electron chi connectivity index (χ3n) is 2.39. The van der Waals surface area contributed by atoms with Crippen LogP contribution in [0.4, 0.5) is 0 Å². The topological polar surface area (TPSA) is 38.4 Å². The molecule has 2 N–H and O–H groups in total. The van der Waals surface area contributed by atoms with Crippen LogP contribution in [0.15, 0.2) is 15.6 Å². The smallest absolute Gasteiger partial charge is 0.180 e. The van der Waals surface area contributed by atoms with Gasteiger partial charge in [0.15, 0.2) is 16.3 Å². The van der Waals surface area contributed by atoms with Crippen LogP contribution >= 0.6 is 0 Å². The van der Waals surface area contributed by atoms with E-state index in [1.165, 1.54) is 38.5 Å². The molecule has 0 spiro atoms. The van der Waals surface area contributed by atoms with E-state index in [-0.39, 0.29) is 0 Å². The van der Waals surface area contributed by atoms with Gasteiger partial charge in [0.1, 0.15) is 0 Å². The van der Waals surface area contributed by atoms with Gasteiger partial charge in [0.05, 0.1) is 0 Å². The number of aliphatic imine (C=N–C) groups is 1. The van der Waals surface area contributed by atoms with Crippen molar-refractivity contribution < 1.29 is 0 Å². The van der Waals surface area contributed by atoms with Gasteiger partial charge in [-0.15, -0.1) is 4.44 Å². The first-order valence-corrected chi connectivity index (χ1v) is 6.52. The van der Waals surface area contributed by atoms with E-state index in [0.29, 0.717) is 6.04 Å². The lowest BCUT2D eigenvalue weighted by Crippen LogP contribution is -2.05. The number of unbranched alkanes of at least 4 members (excludes halogenated alkanes) is 2. The highest BCUT2D eigenvalue weighted by molar-refractivity contribution is 6.32. The Hall–Kier alpha value is -0.258. The van der Waals surface area contributed by atoms with Crippen molar-refractivity contribution in [2.45, 2.75) is 58.4 Å². The van der Waals surface area contributed by atoms with E-state index >= 15 is 0 Å². The normalized spacial score (nSPS) is 14.7. The van der Waals surface area contributed by atoms with Crippen molar-refractivity contribution >= 4 is 22.5 Å². The summed E-state index contributed by atoms with van der Waals surface area (Å²) in [6.45, 7) is 4.44. The Morgan fingerprint density at radius 2 is 2.00 bits per heavy atom. The first-order valence-electron chi connectivity index (χ1n) is 5.95. The van der Waals surface area contributed by atoms with Crippen molar-refractivity contribution in [3.63, 3.8) is 0 Å². The summed E-state index contributed by atoms with van der Waals surface area (Å²) in [6, 6.07) is 0.483. The lowest BCUT2D eigenvalue weighted by Gasteiger charge is -2.10. The summed E-state index contributed by atoms with van der Waals surface area (Å²) in [6.07, 6.45) is 10.9. The summed E-state index contributed by atoms with van der Waals surface area (Å²) in [5, 5.41) is 0. The minimum Gasteiger partial charge on any atom is -0.406 e. The van der Waals surface area contributed by atoms with E-state index in [1.807, 2.05) is 6.21 Å². The fraction of sp³-hybridized carbons (Fsp3) is 0.750. The lowest BCUT2D eigenvalue weighted by molar-refractivity contribution is 0.527. The maximum atomic E-state index is 5.38. The molecule has 2 radical (unpaired) electrons. The molecule has 0 saturated heterocycles. The highest BCUT2D eigenvalue weighted by Crippen LogP contribution is 2.11. The largest absolute Gasteiger partial charge is 0.406 e. The lowest BCUT2D eigenvalue weighted by atomic mass is 10.0. The first kappa shape index (κ1) is 14.7. The molecule has 0 aliphatic rings. The van der Waals surface area contributed by atoms with Crippen molar-refractivity contribution in [1.29, 1.82) is 0 Å². The summed E-state index contributed by atoms with van der Waals surface area (Å²) in [7, 11) is 0. The van der Waals surface area contributed by atoms with Crippen LogP contribution in [0.1, 0.15) is 52.4 Å². The molecule has 1 atom stereocenters. The van der Waals surface area contributed by atoms with Crippen molar-refractivity contribution in [2.75, 3.05) is 0 Å². The standard InChI is InChI=1S/C12H23N2.Al/c1-3-5-6-9-12(8-4-2)14-11-7-10-13;/h10-12H,3-6,8-9,13H2,1-2H3;. The van der Waals surface area contributed by atoms with Gasteiger partial charge in [0, 0.05) is 12.3 Å². The SMILES string of the molecule is CCCCCC(CCC)N=C/[C]([Al])=C\N. The molecule has 1 unspecified atom stereocenters. The highest BCUT2D eigenvalue weighted by Gasteiger charge is 2.03. The van der Waals surface area contributed by atoms with Gasteiger partial charge in [0.2, 0.25) is 0 Å². The molecule has 0 aromatic carbocycles. The van der Waals surface area contributed by atoms with E-state index < -0.39 is 0 Å². The average Bonchev–Trinajstić information content (AvgIpc) is 2.25. The summed E-state index contributed by atoms with van der Waals surface area (Å²) < 4.78 is 0.964. The number of hydrogen-bond acceptors (Lipinski definition) is 2. The number of hydrogen-bond donors (Lipinski definition) is 1. The molecule has 0 aromatic rings. The molecule has 0 fully saturated rings. The Morgan fingerprint density at radius 1 is 1.27 bits per heavy atom. The zero-order chi connectivity index (χ0) is 11.5. The second-order valence-corrected chi connectivity index (χ2v) is 4.55.